The van der Waals surface area contributed by atoms with Crippen LogP contribution in [-0.4, -0.2) is 22.0 Å². The molecule has 0 aliphatic carbocycles. The lowest BCUT2D eigenvalue weighted by Crippen LogP contribution is -2.26. The van der Waals surface area contributed by atoms with Crippen LogP contribution in [0.3, 0.4) is 0 Å². The topological polar surface area (TPSA) is 97.4 Å². The van der Waals surface area contributed by atoms with Crippen LogP contribution in [0.5, 0.6) is 0 Å². The Hall–Kier alpha value is -4.29. The van der Waals surface area contributed by atoms with Crippen LogP contribution in [-0.2, 0) is 17.8 Å². The van der Waals surface area contributed by atoms with Gasteiger partial charge in [-0.05, 0) is 30.2 Å². The Balaban J connectivity index is 1.50. The van der Waals surface area contributed by atoms with E-state index in [9.17, 15) is 10.1 Å². The fourth-order valence-corrected chi connectivity index (χ4v) is 3.65. The van der Waals surface area contributed by atoms with Crippen LogP contribution in [0.4, 0.5) is 0 Å². The lowest BCUT2D eigenvalue weighted by Gasteiger charge is -2.04. The Kier molecular flexibility index (Phi) is 5.32. The van der Waals surface area contributed by atoms with Gasteiger partial charge in [-0.15, -0.1) is 0 Å². The number of carbonyl (C=O) groups excluding carboxylic acids is 1. The smallest absolute Gasteiger partial charge is 0.261 e. The van der Waals surface area contributed by atoms with E-state index in [-0.39, 0.29) is 12.1 Å². The van der Waals surface area contributed by atoms with E-state index in [0.717, 1.165) is 32.9 Å². The summed E-state index contributed by atoms with van der Waals surface area (Å²) in [7, 11) is 0. The number of nitriles is 2. The minimum Gasteiger partial charge on any atom is -0.361 e. The average molecular weight is 393 g/mol. The number of fused-ring (bicyclic) bond motifs is 2. The first kappa shape index (κ1) is 19.0. The first-order valence-electron chi connectivity index (χ1n) is 9.61. The number of hydrogen-bond acceptors (Lipinski definition) is 3. The molecule has 0 aliphatic rings. The van der Waals surface area contributed by atoms with Crippen LogP contribution in [0, 0.1) is 22.7 Å². The number of carbonyl (C=O) groups is 1. The van der Waals surface area contributed by atoms with Gasteiger partial charge in [0, 0.05) is 46.3 Å². The quantitative estimate of drug-likeness (QED) is 0.384. The first-order chi connectivity index (χ1) is 14.7. The summed E-state index contributed by atoms with van der Waals surface area (Å²) >= 11 is 0. The van der Waals surface area contributed by atoms with Gasteiger partial charge in [0.05, 0.1) is 6.07 Å². The third kappa shape index (κ3) is 3.67. The van der Waals surface area contributed by atoms with Gasteiger partial charge < -0.3 is 14.9 Å². The maximum Gasteiger partial charge on any atom is 0.261 e. The molecule has 4 rings (SSSR count). The van der Waals surface area contributed by atoms with E-state index in [0.29, 0.717) is 13.0 Å². The van der Waals surface area contributed by atoms with Crippen LogP contribution in [0.15, 0.2) is 66.5 Å². The Bertz CT molecular complexity index is 1340. The molecule has 0 atom stereocenters. The zero-order chi connectivity index (χ0) is 20.9. The second kappa shape index (κ2) is 8.38. The van der Waals surface area contributed by atoms with Crippen molar-refractivity contribution in [2.24, 2.45) is 0 Å². The van der Waals surface area contributed by atoms with Crippen molar-refractivity contribution in [1.29, 1.82) is 10.5 Å². The summed E-state index contributed by atoms with van der Waals surface area (Å²) in [5.74, 6) is -0.408. The van der Waals surface area contributed by atoms with Crippen molar-refractivity contribution in [3.63, 3.8) is 0 Å². The summed E-state index contributed by atoms with van der Waals surface area (Å²) in [6.45, 7) is 0.628. The zero-order valence-corrected chi connectivity index (χ0v) is 16.2. The van der Waals surface area contributed by atoms with Gasteiger partial charge in [0.15, 0.2) is 0 Å². The Morgan fingerprint density at radius 1 is 1.10 bits per heavy atom. The van der Waals surface area contributed by atoms with Crippen molar-refractivity contribution in [2.75, 3.05) is 6.54 Å². The standard InChI is InChI=1S/C24H19N5O/c25-10-12-29-16-19(21-6-2-4-8-23(21)29)13-18(14-26)24(30)27-11-9-17-15-28-22-7-3-1-5-20(17)22/h1-8,13,15-16,28H,9,11-12H2,(H,27,30)/b18-13-. The second-order valence-electron chi connectivity index (χ2n) is 6.92. The molecule has 2 N–H and O–H groups in total. The number of benzene rings is 2. The number of aromatic amines is 1. The van der Waals surface area contributed by atoms with E-state index in [4.69, 9.17) is 5.26 Å². The lowest BCUT2D eigenvalue weighted by atomic mass is 10.1. The average Bonchev–Trinajstić information content (AvgIpc) is 3.34. The highest BCUT2D eigenvalue weighted by Gasteiger charge is 2.12. The van der Waals surface area contributed by atoms with Crippen LogP contribution in [0.25, 0.3) is 27.9 Å². The molecule has 6 nitrogen and oxygen atoms in total. The fraction of sp³-hybridized carbons (Fsp3) is 0.125. The molecule has 30 heavy (non-hydrogen) atoms. The predicted octanol–water partition coefficient (Wildman–Crippen LogP) is 3.91. The van der Waals surface area contributed by atoms with E-state index < -0.39 is 5.91 Å². The molecule has 0 radical (unpaired) electrons. The summed E-state index contributed by atoms with van der Waals surface area (Å²) in [5.41, 5.74) is 3.85. The normalized spacial score (nSPS) is 11.3. The van der Waals surface area contributed by atoms with Gasteiger partial charge in [0.2, 0.25) is 0 Å². The van der Waals surface area contributed by atoms with Crippen molar-refractivity contribution in [2.45, 2.75) is 13.0 Å². The Morgan fingerprint density at radius 2 is 1.87 bits per heavy atom. The van der Waals surface area contributed by atoms with E-state index in [1.165, 1.54) is 0 Å². The number of aromatic nitrogens is 2. The molecule has 4 aromatic rings. The van der Waals surface area contributed by atoms with Crippen molar-refractivity contribution in [3.05, 3.63) is 77.6 Å². The number of nitrogens with zero attached hydrogens (tertiary/aromatic N) is 3. The van der Waals surface area contributed by atoms with E-state index in [2.05, 4.69) is 16.4 Å². The molecular weight excluding hydrogens is 374 g/mol. The van der Waals surface area contributed by atoms with Crippen molar-refractivity contribution in [3.8, 4) is 12.1 Å². The van der Waals surface area contributed by atoms with Crippen molar-refractivity contribution < 1.29 is 4.79 Å². The third-order valence-electron chi connectivity index (χ3n) is 5.08. The highest BCUT2D eigenvalue weighted by Crippen LogP contribution is 2.23. The van der Waals surface area contributed by atoms with E-state index >= 15 is 0 Å². The number of rotatable bonds is 6. The summed E-state index contributed by atoms with van der Waals surface area (Å²) in [6.07, 6.45) is 5.99. The van der Waals surface area contributed by atoms with Gasteiger partial charge in [-0.3, -0.25) is 4.79 Å². The molecule has 0 unspecified atom stereocenters. The summed E-state index contributed by atoms with van der Waals surface area (Å²) < 4.78 is 1.81. The molecular formula is C24H19N5O. The highest BCUT2D eigenvalue weighted by atomic mass is 16.1. The molecule has 6 heteroatoms. The van der Waals surface area contributed by atoms with Gasteiger partial charge in [0.25, 0.3) is 5.91 Å². The van der Waals surface area contributed by atoms with Crippen LogP contribution < -0.4 is 5.32 Å². The maximum atomic E-state index is 12.6. The molecule has 0 spiro atoms. The zero-order valence-electron chi connectivity index (χ0n) is 16.2. The molecule has 2 aromatic heterocycles. The summed E-state index contributed by atoms with van der Waals surface area (Å²) in [4.78, 5) is 15.8. The van der Waals surface area contributed by atoms with Crippen LogP contribution >= 0.6 is 0 Å². The molecule has 0 fully saturated rings. The number of H-pyrrole nitrogens is 1. The van der Waals surface area contributed by atoms with E-state index in [1.807, 2.05) is 65.4 Å². The van der Waals surface area contributed by atoms with Crippen LogP contribution in [0.2, 0.25) is 0 Å². The maximum absolute atomic E-state index is 12.6. The first-order valence-corrected chi connectivity index (χ1v) is 9.61. The summed E-state index contributed by atoms with van der Waals surface area (Å²) in [5, 5.41) is 23.4. The number of para-hydroxylation sites is 2. The third-order valence-corrected chi connectivity index (χ3v) is 5.08. The molecule has 0 saturated carbocycles. The lowest BCUT2D eigenvalue weighted by molar-refractivity contribution is -0.117. The molecule has 2 heterocycles. The number of nitrogens with one attached hydrogen (secondary N) is 2. The number of amides is 1. The molecule has 2 aromatic carbocycles. The minimum atomic E-state index is -0.408. The van der Waals surface area contributed by atoms with Gasteiger partial charge in [-0.2, -0.15) is 10.5 Å². The number of hydrogen-bond donors (Lipinski definition) is 2. The van der Waals surface area contributed by atoms with Gasteiger partial charge in [-0.25, -0.2) is 0 Å². The summed E-state index contributed by atoms with van der Waals surface area (Å²) in [6, 6.07) is 19.8. The van der Waals surface area contributed by atoms with Crippen molar-refractivity contribution >= 4 is 33.8 Å². The molecule has 0 bridgehead atoms. The van der Waals surface area contributed by atoms with Gasteiger partial charge in [0.1, 0.15) is 18.2 Å². The van der Waals surface area contributed by atoms with Crippen LogP contribution in [0.1, 0.15) is 11.1 Å². The highest BCUT2D eigenvalue weighted by molar-refractivity contribution is 6.04. The second-order valence-corrected chi connectivity index (χ2v) is 6.92. The largest absolute Gasteiger partial charge is 0.361 e. The van der Waals surface area contributed by atoms with E-state index in [1.54, 1.807) is 12.3 Å². The Labute approximate surface area is 173 Å². The fourth-order valence-electron chi connectivity index (χ4n) is 3.65. The van der Waals surface area contributed by atoms with Crippen molar-refractivity contribution in [1.82, 2.24) is 14.9 Å². The monoisotopic (exact) mass is 393 g/mol. The van der Waals surface area contributed by atoms with Gasteiger partial charge in [-0.1, -0.05) is 36.4 Å². The molecule has 1 amide bonds. The Morgan fingerprint density at radius 3 is 2.67 bits per heavy atom. The van der Waals surface area contributed by atoms with Gasteiger partial charge >= 0.3 is 0 Å². The molecule has 146 valence electrons. The minimum absolute atomic E-state index is 0.0359. The SMILES string of the molecule is N#CCn1cc(/C=C(/C#N)C(=O)NCCc2c[nH]c3ccccc23)c2ccccc21. The molecule has 0 saturated heterocycles. The molecule has 0 aliphatic heterocycles. The predicted molar refractivity (Wildman–Crippen MR) is 116 cm³/mol.